The average Bonchev–Trinajstić information content (AvgIpc) is 3.15. The minimum absolute atomic E-state index is 0.116. The molecule has 0 spiro atoms. The van der Waals surface area contributed by atoms with Crippen LogP contribution in [0.25, 0.3) is 11.0 Å². The van der Waals surface area contributed by atoms with Crippen LogP contribution in [0.1, 0.15) is 47.1 Å². The molecular weight excluding hydrogens is 470 g/mol. The van der Waals surface area contributed by atoms with Crippen LogP contribution in [0.3, 0.4) is 0 Å². The number of carbonyl (C=O) groups is 1. The van der Waals surface area contributed by atoms with E-state index in [1.165, 1.54) is 22.9 Å². The lowest BCUT2D eigenvalue weighted by atomic mass is 10.1. The van der Waals surface area contributed by atoms with Crippen molar-refractivity contribution in [1.29, 1.82) is 0 Å². The molecule has 0 saturated heterocycles. The maximum Gasteiger partial charge on any atom is 0.408 e. The summed E-state index contributed by atoms with van der Waals surface area (Å²) in [6, 6.07) is 11.0. The van der Waals surface area contributed by atoms with Gasteiger partial charge >= 0.3 is 6.09 Å². The summed E-state index contributed by atoms with van der Waals surface area (Å²) in [6.45, 7) is 11.2. The summed E-state index contributed by atoms with van der Waals surface area (Å²) in [7, 11) is 0. The zero-order valence-electron chi connectivity index (χ0n) is 20.6. The van der Waals surface area contributed by atoms with Gasteiger partial charge in [0.05, 0.1) is 11.0 Å². The SMILES string of the molecule is CC(C)(C)OC(=O)N[C@H](Cc1ccc(OC(C)(C)C)cc1)C(=S)n1nnc2ccc([N+](=O)[O-])cc21. The Balaban J connectivity index is 1.92. The summed E-state index contributed by atoms with van der Waals surface area (Å²) >= 11 is 5.68. The number of non-ortho nitro benzene ring substituents is 1. The summed E-state index contributed by atoms with van der Waals surface area (Å²) in [4.78, 5) is 23.6. The molecule has 0 aliphatic heterocycles. The number of thiocarbonyl (C=S) groups is 1. The van der Waals surface area contributed by atoms with Gasteiger partial charge in [0, 0.05) is 12.1 Å². The molecule has 0 aliphatic carbocycles. The minimum atomic E-state index is -0.710. The Morgan fingerprint density at radius 3 is 2.34 bits per heavy atom. The van der Waals surface area contributed by atoms with E-state index in [0.717, 1.165) is 11.3 Å². The van der Waals surface area contributed by atoms with Crippen molar-refractivity contribution in [3.8, 4) is 5.75 Å². The van der Waals surface area contributed by atoms with Crippen LogP contribution >= 0.6 is 12.2 Å². The standard InChI is InChI=1S/C24H29N5O5S/c1-23(2,3)33-17-10-7-15(8-11-17)13-19(25-22(30)34-24(4,5)6)21(35)28-20-14-16(29(31)32)9-12-18(20)26-27-28/h7-12,14,19H,13H2,1-6H3,(H,25,30)/t19-/m1/s1. The van der Waals surface area contributed by atoms with Crippen LogP contribution in [-0.2, 0) is 11.2 Å². The third-order valence-electron chi connectivity index (χ3n) is 4.62. The Morgan fingerprint density at radius 2 is 1.77 bits per heavy atom. The number of hydrogen-bond donors (Lipinski definition) is 1. The first-order valence-electron chi connectivity index (χ1n) is 11.0. The molecule has 35 heavy (non-hydrogen) atoms. The Bertz CT molecular complexity index is 1240. The van der Waals surface area contributed by atoms with Crippen LogP contribution in [0.5, 0.6) is 5.75 Å². The first kappa shape index (κ1) is 26.0. The molecule has 0 aliphatic rings. The second-order valence-electron chi connectivity index (χ2n) is 10.0. The zero-order chi connectivity index (χ0) is 26.0. The number of aromatic nitrogens is 3. The maximum atomic E-state index is 12.6. The number of benzene rings is 2. The Kier molecular flexibility index (Phi) is 7.39. The molecule has 2 aromatic carbocycles. The molecular formula is C24H29N5O5S. The van der Waals surface area contributed by atoms with Crippen molar-refractivity contribution in [1.82, 2.24) is 20.3 Å². The lowest BCUT2D eigenvalue weighted by molar-refractivity contribution is -0.384. The third kappa shape index (κ3) is 7.19. The highest BCUT2D eigenvalue weighted by molar-refractivity contribution is 7.80. The molecule has 11 heteroatoms. The quantitative estimate of drug-likeness (QED) is 0.291. The lowest BCUT2D eigenvalue weighted by Crippen LogP contribution is -2.46. The minimum Gasteiger partial charge on any atom is -0.488 e. The lowest BCUT2D eigenvalue weighted by Gasteiger charge is -2.24. The van der Waals surface area contributed by atoms with Crippen LogP contribution in [0, 0.1) is 10.1 Å². The van der Waals surface area contributed by atoms with Crippen LogP contribution in [0.4, 0.5) is 10.5 Å². The number of amides is 1. The first-order valence-corrected chi connectivity index (χ1v) is 11.4. The Morgan fingerprint density at radius 1 is 1.11 bits per heavy atom. The second-order valence-corrected chi connectivity index (χ2v) is 10.4. The van der Waals surface area contributed by atoms with E-state index >= 15 is 0 Å². The number of nitro groups is 1. The van der Waals surface area contributed by atoms with E-state index in [0.29, 0.717) is 17.5 Å². The van der Waals surface area contributed by atoms with Gasteiger partial charge in [-0.3, -0.25) is 10.1 Å². The van der Waals surface area contributed by atoms with Gasteiger partial charge in [0.15, 0.2) is 0 Å². The van der Waals surface area contributed by atoms with Gasteiger partial charge in [0.1, 0.15) is 33.0 Å². The van der Waals surface area contributed by atoms with Crippen molar-refractivity contribution < 1.29 is 19.2 Å². The second kappa shape index (κ2) is 9.95. The van der Waals surface area contributed by atoms with Crippen LogP contribution in [0.2, 0.25) is 0 Å². The van der Waals surface area contributed by atoms with Gasteiger partial charge < -0.3 is 14.8 Å². The summed E-state index contributed by atoms with van der Waals surface area (Å²) in [5.41, 5.74) is 0.537. The van der Waals surface area contributed by atoms with Gasteiger partial charge in [0.2, 0.25) is 0 Å². The molecule has 1 atom stereocenters. The van der Waals surface area contributed by atoms with E-state index in [9.17, 15) is 14.9 Å². The highest BCUT2D eigenvalue weighted by atomic mass is 32.1. The average molecular weight is 500 g/mol. The van der Waals surface area contributed by atoms with Gasteiger partial charge in [-0.1, -0.05) is 29.6 Å². The van der Waals surface area contributed by atoms with Crippen molar-refractivity contribution in [2.24, 2.45) is 0 Å². The van der Waals surface area contributed by atoms with Gasteiger partial charge in [-0.05, 0) is 71.7 Å². The summed E-state index contributed by atoms with van der Waals surface area (Å²) in [5, 5.41) is 22.2. The van der Waals surface area contributed by atoms with Crippen molar-refractivity contribution in [3.05, 3.63) is 58.1 Å². The molecule has 0 radical (unpaired) electrons. The number of hydrogen-bond acceptors (Lipinski definition) is 8. The largest absolute Gasteiger partial charge is 0.488 e. The fraction of sp³-hybridized carbons (Fsp3) is 0.417. The molecule has 0 bridgehead atoms. The highest BCUT2D eigenvalue weighted by Gasteiger charge is 2.26. The van der Waals surface area contributed by atoms with E-state index in [2.05, 4.69) is 15.6 Å². The van der Waals surface area contributed by atoms with Crippen molar-refractivity contribution >= 4 is 40.0 Å². The number of nitrogens with zero attached hydrogens (tertiary/aromatic N) is 4. The topological polar surface area (TPSA) is 121 Å². The predicted molar refractivity (Wildman–Crippen MR) is 136 cm³/mol. The van der Waals surface area contributed by atoms with Gasteiger partial charge in [-0.25, -0.2) is 9.48 Å². The number of ether oxygens (including phenoxy) is 2. The molecule has 1 N–H and O–H groups in total. The number of alkyl carbamates (subject to hydrolysis) is 1. The molecule has 1 aromatic heterocycles. The summed E-state index contributed by atoms with van der Waals surface area (Å²) < 4.78 is 12.6. The molecule has 1 amide bonds. The smallest absolute Gasteiger partial charge is 0.408 e. The molecule has 3 aromatic rings. The van der Waals surface area contributed by atoms with E-state index in [1.54, 1.807) is 20.8 Å². The monoisotopic (exact) mass is 499 g/mol. The first-order chi connectivity index (χ1) is 16.2. The van der Waals surface area contributed by atoms with E-state index in [-0.39, 0.29) is 16.3 Å². The fourth-order valence-electron chi connectivity index (χ4n) is 3.26. The Labute approximate surface area is 208 Å². The molecule has 3 rings (SSSR count). The molecule has 0 fully saturated rings. The predicted octanol–water partition coefficient (Wildman–Crippen LogP) is 4.83. The van der Waals surface area contributed by atoms with Crippen molar-refractivity contribution in [3.63, 3.8) is 0 Å². The zero-order valence-corrected chi connectivity index (χ0v) is 21.4. The number of nitrogens with one attached hydrogen (secondary N) is 1. The summed E-state index contributed by atoms with van der Waals surface area (Å²) in [6.07, 6.45) is -0.322. The molecule has 1 heterocycles. The number of nitro benzene ring substituents is 1. The van der Waals surface area contributed by atoms with Crippen molar-refractivity contribution in [2.45, 2.75) is 65.2 Å². The van der Waals surface area contributed by atoms with Crippen LogP contribution in [-0.4, -0.2) is 48.2 Å². The molecule has 0 unspecified atom stereocenters. The highest BCUT2D eigenvalue weighted by Crippen LogP contribution is 2.22. The molecule has 10 nitrogen and oxygen atoms in total. The third-order valence-corrected chi connectivity index (χ3v) is 5.08. The van der Waals surface area contributed by atoms with Gasteiger partial charge in [-0.2, -0.15) is 0 Å². The van der Waals surface area contributed by atoms with Gasteiger partial charge in [0.25, 0.3) is 5.69 Å². The van der Waals surface area contributed by atoms with E-state index in [1.807, 2.05) is 45.0 Å². The number of rotatable bonds is 6. The molecule has 186 valence electrons. The maximum absolute atomic E-state index is 12.6. The normalized spacial score (nSPS) is 12.7. The van der Waals surface area contributed by atoms with Crippen molar-refractivity contribution in [2.75, 3.05) is 0 Å². The number of fused-ring (bicyclic) bond motifs is 1. The van der Waals surface area contributed by atoms with Gasteiger partial charge in [-0.15, -0.1) is 5.10 Å². The van der Waals surface area contributed by atoms with E-state index in [4.69, 9.17) is 21.7 Å². The molecule has 0 saturated carbocycles. The fourth-order valence-corrected chi connectivity index (χ4v) is 3.54. The number of carbonyl (C=O) groups excluding carboxylic acids is 1. The van der Waals surface area contributed by atoms with Crippen LogP contribution in [0.15, 0.2) is 42.5 Å². The summed E-state index contributed by atoms with van der Waals surface area (Å²) in [5.74, 6) is 0.718. The van der Waals surface area contributed by atoms with Crippen LogP contribution < -0.4 is 10.1 Å². The van der Waals surface area contributed by atoms with E-state index < -0.39 is 22.7 Å². The Hall–Kier alpha value is -3.60.